The van der Waals surface area contributed by atoms with Crippen molar-refractivity contribution < 1.29 is 22.4 Å². The highest BCUT2D eigenvalue weighted by atomic mass is 32.1. The zero-order chi connectivity index (χ0) is 18.0. The molecule has 4 nitrogen and oxygen atoms in total. The Morgan fingerprint density at radius 3 is 2.80 bits per heavy atom. The molecule has 8 heteroatoms. The van der Waals surface area contributed by atoms with E-state index >= 15 is 0 Å². The number of hydrogen-bond acceptors (Lipinski definition) is 4. The molecule has 0 saturated heterocycles. The van der Waals surface area contributed by atoms with E-state index in [1.807, 2.05) is 0 Å². The first-order valence-electron chi connectivity index (χ1n) is 7.29. The minimum Gasteiger partial charge on any atom is -0.469 e. The van der Waals surface area contributed by atoms with Gasteiger partial charge < -0.3 is 4.42 Å². The molecule has 3 aromatic rings. The number of rotatable bonds is 4. The largest absolute Gasteiger partial charge is 0.469 e. The van der Waals surface area contributed by atoms with Crippen LogP contribution in [-0.4, -0.2) is 10.9 Å². The summed E-state index contributed by atoms with van der Waals surface area (Å²) in [4.78, 5) is 16.9. The van der Waals surface area contributed by atoms with Gasteiger partial charge in [0.2, 0.25) is 0 Å². The second kappa shape index (κ2) is 6.72. The van der Waals surface area contributed by atoms with E-state index in [0.29, 0.717) is 28.4 Å². The normalized spacial score (nSPS) is 11.5. The maximum absolute atomic E-state index is 12.8. The van der Waals surface area contributed by atoms with Crippen molar-refractivity contribution in [2.75, 3.05) is 5.32 Å². The smallest absolute Gasteiger partial charge is 0.416 e. The summed E-state index contributed by atoms with van der Waals surface area (Å²) in [6.07, 6.45) is -1.10. The Morgan fingerprint density at radius 2 is 2.12 bits per heavy atom. The van der Waals surface area contributed by atoms with Gasteiger partial charge in [-0.25, -0.2) is 4.98 Å². The Kier molecular flexibility index (Phi) is 4.63. The number of nitrogens with zero attached hydrogens (tertiary/aromatic N) is 1. The van der Waals surface area contributed by atoms with E-state index in [1.165, 1.54) is 23.7 Å². The number of amides is 1. The SMILES string of the molecule is Cc1occc1C(=O)Nc1ncc(Cc2cccc(C(F)(F)F)c2)s1. The molecule has 130 valence electrons. The number of nitrogens with one attached hydrogen (secondary N) is 1. The Bertz CT molecular complexity index is 899. The van der Waals surface area contributed by atoms with Gasteiger partial charge in [0, 0.05) is 17.5 Å². The van der Waals surface area contributed by atoms with Crippen molar-refractivity contribution in [3.8, 4) is 0 Å². The van der Waals surface area contributed by atoms with Crippen molar-refractivity contribution in [3.05, 3.63) is 70.1 Å². The van der Waals surface area contributed by atoms with Crippen LogP contribution in [0.4, 0.5) is 18.3 Å². The molecule has 0 saturated carbocycles. The van der Waals surface area contributed by atoms with Gasteiger partial charge >= 0.3 is 6.18 Å². The van der Waals surface area contributed by atoms with Crippen LogP contribution in [0.5, 0.6) is 0 Å². The van der Waals surface area contributed by atoms with Gasteiger partial charge in [-0.05, 0) is 24.6 Å². The second-order valence-electron chi connectivity index (χ2n) is 5.35. The summed E-state index contributed by atoms with van der Waals surface area (Å²) in [6, 6.07) is 6.72. The van der Waals surface area contributed by atoms with Gasteiger partial charge in [0.15, 0.2) is 5.13 Å². The first-order chi connectivity index (χ1) is 11.8. The third-order valence-corrected chi connectivity index (χ3v) is 4.42. The molecular weight excluding hydrogens is 353 g/mol. The van der Waals surface area contributed by atoms with Crippen LogP contribution < -0.4 is 5.32 Å². The molecule has 0 aliphatic carbocycles. The first-order valence-corrected chi connectivity index (χ1v) is 8.11. The van der Waals surface area contributed by atoms with Crippen molar-refractivity contribution in [3.63, 3.8) is 0 Å². The van der Waals surface area contributed by atoms with Gasteiger partial charge in [0.1, 0.15) is 5.76 Å². The van der Waals surface area contributed by atoms with E-state index in [1.54, 1.807) is 25.3 Å². The fourth-order valence-electron chi connectivity index (χ4n) is 2.29. The predicted molar refractivity (Wildman–Crippen MR) is 87.8 cm³/mol. The Hall–Kier alpha value is -2.61. The number of benzene rings is 1. The number of aromatic nitrogens is 1. The number of halogens is 3. The van der Waals surface area contributed by atoms with E-state index in [0.717, 1.165) is 17.0 Å². The number of hydrogen-bond donors (Lipinski definition) is 1. The fraction of sp³-hybridized carbons (Fsp3) is 0.176. The Labute approximate surface area is 145 Å². The average Bonchev–Trinajstić information content (AvgIpc) is 3.16. The van der Waals surface area contributed by atoms with Crippen molar-refractivity contribution in [1.29, 1.82) is 0 Å². The summed E-state index contributed by atoms with van der Waals surface area (Å²) in [5.74, 6) is 0.157. The molecule has 0 fully saturated rings. The number of thiazole rings is 1. The van der Waals surface area contributed by atoms with E-state index < -0.39 is 11.7 Å². The van der Waals surface area contributed by atoms with Crippen LogP contribution in [0.1, 0.15) is 32.1 Å². The van der Waals surface area contributed by atoms with Gasteiger partial charge in [0.25, 0.3) is 5.91 Å². The monoisotopic (exact) mass is 366 g/mol. The molecular formula is C17H13F3N2O2S. The zero-order valence-corrected chi connectivity index (χ0v) is 13.9. The predicted octanol–water partition coefficient (Wildman–Crippen LogP) is 4.91. The van der Waals surface area contributed by atoms with E-state index in [-0.39, 0.29) is 5.91 Å². The lowest BCUT2D eigenvalue weighted by Gasteiger charge is -2.07. The number of furan rings is 1. The van der Waals surface area contributed by atoms with Gasteiger partial charge in [-0.3, -0.25) is 10.1 Å². The molecule has 0 aliphatic rings. The first kappa shape index (κ1) is 17.2. The van der Waals surface area contributed by atoms with Crippen LogP contribution >= 0.6 is 11.3 Å². The summed E-state index contributed by atoms with van der Waals surface area (Å²) in [6.45, 7) is 1.68. The highest BCUT2D eigenvalue weighted by Gasteiger charge is 2.30. The summed E-state index contributed by atoms with van der Waals surface area (Å²) < 4.78 is 43.3. The molecule has 0 aliphatic heterocycles. The maximum Gasteiger partial charge on any atom is 0.416 e. The third kappa shape index (κ3) is 4.08. The van der Waals surface area contributed by atoms with Crippen LogP contribution in [0.15, 0.2) is 47.2 Å². The number of alkyl halides is 3. The Morgan fingerprint density at radius 1 is 1.32 bits per heavy atom. The Balaban J connectivity index is 1.70. The minimum atomic E-state index is -4.37. The van der Waals surface area contributed by atoms with Crippen molar-refractivity contribution in [2.45, 2.75) is 19.5 Å². The van der Waals surface area contributed by atoms with Crippen LogP contribution in [0.25, 0.3) is 0 Å². The lowest BCUT2D eigenvalue weighted by Crippen LogP contribution is -2.11. The van der Waals surface area contributed by atoms with E-state index in [9.17, 15) is 18.0 Å². The van der Waals surface area contributed by atoms with Crippen molar-refractivity contribution in [2.24, 2.45) is 0 Å². The average molecular weight is 366 g/mol. The summed E-state index contributed by atoms with van der Waals surface area (Å²) >= 11 is 1.22. The van der Waals surface area contributed by atoms with Crippen molar-refractivity contribution in [1.82, 2.24) is 4.98 Å². The molecule has 0 unspecified atom stereocenters. The summed E-state index contributed by atoms with van der Waals surface area (Å²) in [5.41, 5.74) is 0.259. The lowest BCUT2D eigenvalue weighted by atomic mass is 10.1. The fourth-order valence-corrected chi connectivity index (χ4v) is 3.13. The molecule has 1 amide bonds. The topological polar surface area (TPSA) is 55.1 Å². The van der Waals surface area contributed by atoms with Crippen LogP contribution in [0, 0.1) is 6.92 Å². The molecule has 0 bridgehead atoms. The molecule has 1 aromatic carbocycles. The number of carbonyl (C=O) groups is 1. The molecule has 0 spiro atoms. The molecule has 0 radical (unpaired) electrons. The van der Waals surface area contributed by atoms with Gasteiger partial charge in [-0.15, -0.1) is 11.3 Å². The molecule has 0 atom stereocenters. The van der Waals surface area contributed by atoms with Gasteiger partial charge in [-0.2, -0.15) is 13.2 Å². The van der Waals surface area contributed by atoms with Gasteiger partial charge in [-0.1, -0.05) is 18.2 Å². The summed E-state index contributed by atoms with van der Waals surface area (Å²) in [7, 11) is 0. The highest BCUT2D eigenvalue weighted by Crippen LogP contribution is 2.30. The van der Waals surface area contributed by atoms with Crippen LogP contribution in [0.2, 0.25) is 0 Å². The van der Waals surface area contributed by atoms with Crippen molar-refractivity contribution >= 4 is 22.4 Å². The van der Waals surface area contributed by atoms with Gasteiger partial charge in [0.05, 0.1) is 17.4 Å². The van der Waals surface area contributed by atoms with E-state index in [4.69, 9.17) is 4.42 Å². The second-order valence-corrected chi connectivity index (χ2v) is 6.47. The number of carbonyl (C=O) groups excluding carboxylic acids is 1. The summed E-state index contributed by atoms with van der Waals surface area (Å²) in [5, 5.41) is 3.04. The standard InChI is InChI=1S/C17H13F3N2O2S/c1-10-14(5-6-24-10)15(23)22-16-21-9-13(25-16)8-11-3-2-4-12(7-11)17(18,19)20/h2-7,9H,8H2,1H3,(H,21,22,23). The molecule has 1 N–H and O–H groups in total. The van der Waals surface area contributed by atoms with E-state index in [2.05, 4.69) is 10.3 Å². The molecule has 25 heavy (non-hydrogen) atoms. The third-order valence-electron chi connectivity index (χ3n) is 3.51. The quantitative estimate of drug-likeness (QED) is 0.714. The minimum absolute atomic E-state index is 0.308. The molecule has 2 aromatic heterocycles. The van der Waals surface area contributed by atoms with Crippen LogP contribution in [0.3, 0.4) is 0 Å². The highest BCUT2D eigenvalue weighted by molar-refractivity contribution is 7.15. The number of anilines is 1. The van der Waals surface area contributed by atoms with Crippen LogP contribution in [-0.2, 0) is 12.6 Å². The number of aryl methyl sites for hydroxylation is 1. The zero-order valence-electron chi connectivity index (χ0n) is 13.1. The molecule has 3 rings (SSSR count). The lowest BCUT2D eigenvalue weighted by molar-refractivity contribution is -0.137. The maximum atomic E-state index is 12.8. The molecule has 2 heterocycles.